The van der Waals surface area contributed by atoms with E-state index < -0.39 is 0 Å². The maximum absolute atomic E-state index is 12.4. The molecule has 0 aliphatic rings. The number of aromatic amines is 1. The molecule has 114 valence electrons. The van der Waals surface area contributed by atoms with Gasteiger partial charge in [-0.25, -0.2) is 0 Å². The highest BCUT2D eigenvalue weighted by atomic mass is 16.3. The average Bonchev–Trinajstić information content (AvgIpc) is 2.68. The molecule has 1 amide bonds. The van der Waals surface area contributed by atoms with E-state index in [-0.39, 0.29) is 29.9 Å². The number of rotatable bonds is 5. The highest BCUT2D eigenvalue weighted by Gasteiger charge is 2.24. The second-order valence-electron chi connectivity index (χ2n) is 6.88. The summed E-state index contributed by atoms with van der Waals surface area (Å²) in [6.45, 7) is 12.1. The molecule has 0 saturated heterocycles. The summed E-state index contributed by atoms with van der Waals surface area (Å²) in [5.41, 5.74) is 2.19. The van der Waals surface area contributed by atoms with Crippen LogP contribution in [0.15, 0.2) is 0 Å². The number of carbonyl (C=O) groups excluding carboxylic acids is 1. The minimum absolute atomic E-state index is 0.0486. The van der Waals surface area contributed by atoms with E-state index in [2.05, 4.69) is 36.3 Å². The lowest BCUT2D eigenvalue weighted by Gasteiger charge is -2.25. The molecule has 3 N–H and O–H groups in total. The molecular formula is C15H27N3O2. The molecule has 0 fully saturated rings. The molecule has 0 aromatic carbocycles. The van der Waals surface area contributed by atoms with Crippen molar-refractivity contribution in [2.45, 2.75) is 59.9 Å². The predicted molar refractivity (Wildman–Crippen MR) is 79.8 cm³/mol. The van der Waals surface area contributed by atoms with E-state index in [4.69, 9.17) is 0 Å². The van der Waals surface area contributed by atoms with E-state index in [0.717, 1.165) is 17.8 Å². The van der Waals surface area contributed by atoms with Gasteiger partial charge in [0.1, 0.15) is 0 Å². The molecule has 20 heavy (non-hydrogen) atoms. The number of aliphatic hydroxyl groups is 1. The summed E-state index contributed by atoms with van der Waals surface area (Å²) in [7, 11) is 0. The van der Waals surface area contributed by atoms with Crippen LogP contribution in [0.5, 0.6) is 0 Å². The van der Waals surface area contributed by atoms with Gasteiger partial charge in [0.05, 0.1) is 23.9 Å². The van der Waals surface area contributed by atoms with Gasteiger partial charge in [-0.15, -0.1) is 0 Å². The van der Waals surface area contributed by atoms with Crippen LogP contribution in [-0.2, 0) is 0 Å². The van der Waals surface area contributed by atoms with Gasteiger partial charge in [0.25, 0.3) is 5.91 Å². The third-order valence-corrected chi connectivity index (χ3v) is 3.16. The molecule has 0 radical (unpaired) electrons. The smallest absolute Gasteiger partial charge is 0.255 e. The molecule has 0 saturated carbocycles. The van der Waals surface area contributed by atoms with Gasteiger partial charge < -0.3 is 10.4 Å². The standard InChI is InChI=1S/C15H27N3O2/c1-9(2)13-12(10(3)17-18-13)14(20)16-11(8-19)7-15(4,5)6/h9,11,19H,7-8H2,1-6H3,(H,16,20)(H,17,18). The Labute approximate surface area is 121 Å². The van der Waals surface area contributed by atoms with Crippen molar-refractivity contribution >= 4 is 5.91 Å². The fourth-order valence-electron chi connectivity index (χ4n) is 2.31. The van der Waals surface area contributed by atoms with Gasteiger partial charge in [0.2, 0.25) is 0 Å². The van der Waals surface area contributed by atoms with Gasteiger partial charge in [-0.3, -0.25) is 9.89 Å². The number of H-pyrrole nitrogens is 1. The molecular weight excluding hydrogens is 254 g/mol. The lowest BCUT2D eigenvalue weighted by molar-refractivity contribution is 0.0896. The SMILES string of the molecule is Cc1[nH]nc(C(C)C)c1C(=O)NC(CO)CC(C)(C)C. The van der Waals surface area contributed by atoms with Crippen LogP contribution in [0.4, 0.5) is 0 Å². The number of aryl methyl sites for hydroxylation is 1. The summed E-state index contributed by atoms with van der Waals surface area (Å²) < 4.78 is 0. The Hall–Kier alpha value is -1.36. The molecule has 1 atom stereocenters. The number of carbonyl (C=O) groups is 1. The predicted octanol–water partition coefficient (Wildman–Crippen LogP) is 2.37. The molecule has 1 aromatic rings. The number of hydrogen-bond acceptors (Lipinski definition) is 3. The second kappa shape index (κ2) is 6.39. The Morgan fingerprint density at radius 3 is 2.45 bits per heavy atom. The van der Waals surface area contributed by atoms with Gasteiger partial charge in [-0.2, -0.15) is 5.10 Å². The first kappa shape index (κ1) is 16.7. The van der Waals surface area contributed by atoms with E-state index >= 15 is 0 Å². The van der Waals surface area contributed by atoms with Crippen LogP contribution in [0.1, 0.15) is 68.7 Å². The van der Waals surface area contributed by atoms with Crippen LogP contribution in [0.3, 0.4) is 0 Å². The van der Waals surface area contributed by atoms with E-state index in [1.54, 1.807) is 0 Å². The van der Waals surface area contributed by atoms with Crippen LogP contribution >= 0.6 is 0 Å². The minimum Gasteiger partial charge on any atom is -0.394 e. The normalized spacial score (nSPS) is 13.6. The van der Waals surface area contributed by atoms with Gasteiger partial charge >= 0.3 is 0 Å². The first-order valence-corrected chi connectivity index (χ1v) is 7.12. The summed E-state index contributed by atoms with van der Waals surface area (Å²) in [4.78, 5) is 12.4. The molecule has 5 heteroatoms. The fourth-order valence-corrected chi connectivity index (χ4v) is 2.31. The number of nitrogens with one attached hydrogen (secondary N) is 2. The zero-order valence-corrected chi connectivity index (χ0v) is 13.4. The summed E-state index contributed by atoms with van der Waals surface area (Å²) in [6, 6.07) is -0.239. The lowest BCUT2D eigenvalue weighted by atomic mass is 9.88. The summed E-state index contributed by atoms with van der Waals surface area (Å²) in [5.74, 6) is 0.0131. The van der Waals surface area contributed by atoms with Gasteiger partial charge in [0.15, 0.2) is 0 Å². The van der Waals surface area contributed by atoms with E-state index in [1.807, 2.05) is 20.8 Å². The van der Waals surface area contributed by atoms with Crippen molar-refractivity contribution in [3.8, 4) is 0 Å². The summed E-state index contributed by atoms with van der Waals surface area (Å²) in [5, 5.41) is 19.4. The third-order valence-electron chi connectivity index (χ3n) is 3.16. The molecule has 0 aliphatic carbocycles. The Morgan fingerprint density at radius 1 is 1.40 bits per heavy atom. The topological polar surface area (TPSA) is 78.0 Å². The molecule has 0 bridgehead atoms. The quantitative estimate of drug-likeness (QED) is 0.775. The van der Waals surface area contributed by atoms with Gasteiger partial charge in [-0.1, -0.05) is 34.6 Å². The number of aromatic nitrogens is 2. The monoisotopic (exact) mass is 281 g/mol. The van der Waals surface area contributed by atoms with Crippen LogP contribution in [-0.4, -0.2) is 33.9 Å². The number of hydrogen-bond donors (Lipinski definition) is 3. The average molecular weight is 281 g/mol. The van der Waals surface area contributed by atoms with Crippen molar-refractivity contribution in [2.75, 3.05) is 6.61 Å². The minimum atomic E-state index is -0.239. The Kier molecular flexibility index (Phi) is 5.34. The van der Waals surface area contributed by atoms with Crippen LogP contribution < -0.4 is 5.32 Å². The van der Waals surface area contributed by atoms with Crippen LogP contribution in [0, 0.1) is 12.3 Å². The molecule has 1 heterocycles. The lowest BCUT2D eigenvalue weighted by Crippen LogP contribution is -2.40. The Morgan fingerprint density at radius 2 is 2.00 bits per heavy atom. The van der Waals surface area contributed by atoms with Crippen molar-refractivity contribution in [3.63, 3.8) is 0 Å². The molecule has 1 aromatic heterocycles. The third kappa shape index (κ3) is 4.34. The number of nitrogens with zero attached hydrogens (tertiary/aromatic N) is 1. The zero-order chi connectivity index (χ0) is 15.5. The molecule has 0 spiro atoms. The van der Waals surface area contributed by atoms with Crippen molar-refractivity contribution < 1.29 is 9.90 Å². The zero-order valence-electron chi connectivity index (χ0n) is 13.4. The highest BCUT2D eigenvalue weighted by Crippen LogP contribution is 2.22. The maximum atomic E-state index is 12.4. The van der Waals surface area contributed by atoms with Crippen molar-refractivity contribution in [1.82, 2.24) is 15.5 Å². The first-order valence-electron chi connectivity index (χ1n) is 7.12. The highest BCUT2D eigenvalue weighted by molar-refractivity contribution is 5.96. The maximum Gasteiger partial charge on any atom is 0.255 e. The van der Waals surface area contributed by atoms with Crippen molar-refractivity contribution in [3.05, 3.63) is 17.0 Å². The van der Waals surface area contributed by atoms with Crippen molar-refractivity contribution in [2.24, 2.45) is 5.41 Å². The van der Waals surface area contributed by atoms with Crippen LogP contribution in [0.2, 0.25) is 0 Å². The van der Waals surface area contributed by atoms with Crippen molar-refractivity contribution in [1.29, 1.82) is 0 Å². The van der Waals surface area contributed by atoms with E-state index in [9.17, 15) is 9.90 Å². The fraction of sp³-hybridized carbons (Fsp3) is 0.733. The Balaban J connectivity index is 2.87. The summed E-state index contributed by atoms with van der Waals surface area (Å²) in [6.07, 6.45) is 0.725. The second-order valence-corrected chi connectivity index (χ2v) is 6.88. The number of aliphatic hydroxyl groups excluding tert-OH is 1. The Bertz CT molecular complexity index is 458. The van der Waals surface area contributed by atoms with E-state index in [0.29, 0.717) is 5.56 Å². The summed E-state index contributed by atoms with van der Waals surface area (Å²) >= 11 is 0. The van der Waals surface area contributed by atoms with Crippen LogP contribution in [0.25, 0.3) is 0 Å². The van der Waals surface area contributed by atoms with Gasteiger partial charge in [0, 0.05) is 5.69 Å². The van der Waals surface area contributed by atoms with Gasteiger partial charge in [-0.05, 0) is 24.7 Å². The first-order chi connectivity index (χ1) is 9.15. The molecule has 1 unspecified atom stereocenters. The largest absolute Gasteiger partial charge is 0.394 e. The molecule has 1 rings (SSSR count). The molecule has 5 nitrogen and oxygen atoms in total. The number of amides is 1. The molecule has 0 aliphatic heterocycles. The van der Waals surface area contributed by atoms with E-state index in [1.165, 1.54) is 0 Å².